The van der Waals surface area contributed by atoms with Crippen molar-refractivity contribution < 1.29 is 13.3 Å². The summed E-state index contributed by atoms with van der Waals surface area (Å²) in [5.41, 5.74) is 0. The number of hydrogen-bond donors (Lipinski definition) is 0. The summed E-state index contributed by atoms with van der Waals surface area (Å²) in [7, 11) is -2.73. The SMILES string of the molecule is CCO[Si](OCC)(OCC)c1cccnc1. The second-order valence-electron chi connectivity index (χ2n) is 3.10. The fraction of sp³-hybridized carbons (Fsp3) is 0.545. The Hall–Kier alpha value is -0.753. The maximum atomic E-state index is 5.75. The number of rotatable bonds is 7. The van der Waals surface area contributed by atoms with Crippen LogP contribution >= 0.6 is 0 Å². The van der Waals surface area contributed by atoms with Gasteiger partial charge in [-0.15, -0.1) is 0 Å². The number of aromatic nitrogens is 1. The number of hydrogen-bond acceptors (Lipinski definition) is 4. The molecule has 5 heteroatoms. The van der Waals surface area contributed by atoms with Gasteiger partial charge in [-0.2, -0.15) is 0 Å². The van der Waals surface area contributed by atoms with Crippen LogP contribution in [0.1, 0.15) is 20.8 Å². The maximum Gasteiger partial charge on any atom is 0.538 e. The molecule has 0 unspecified atom stereocenters. The van der Waals surface area contributed by atoms with Crippen LogP contribution in [-0.2, 0) is 13.3 Å². The topological polar surface area (TPSA) is 40.6 Å². The summed E-state index contributed by atoms with van der Waals surface area (Å²) in [5.74, 6) is 0. The zero-order valence-electron chi connectivity index (χ0n) is 10.1. The minimum absolute atomic E-state index is 0.571. The lowest BCUT2D eigenvalue weighted by Gasteiger charge is -2.28. The van der Waals surface area contributed by atoms with Gasteiger partial charge in [0.15, 0.2) is 0 Å². The fourth-order valence-corrected chi connectivity index (χ4v) is 3.91. The lowest BCUT2D eigenvalue weighted by atomic mass is 10.5. The molecule has 0 saturated carbocycles. The normalized spacial score (nSPS) is 11.7. The molecule has 1 aromatic heterocycles. The predicted octanol–water partition coefficient (Wildman–Crippen LogP) is 1.34. The first-order valence-corrected chi connectivity index (χ1v) is 7.33. The van der Waals surface area contributed by atoms with Gasteiger partial charge in [0.2, 0.25) is 0 Å². The summed E-state index contributed by atoms with van der Waals surface area (Å²) in [6, 6.07) is 3.81. The van der Waals surface area contributed by atoms with Crippen molar-refractivity contribution in [2.24, 2.45) is 0 Å². The van der Waals surface area contributed by atoms with Gasteiger partial charge in [0.25, 0.3) is 0 Å². The van der Waals surface area contributed by atoms with E-state index in [0.29, 0.717) is 19.8 Å². The molecule has 1 heterocycles. The van der Waals surface area contributed by atoms with Crippen LogP contribution < -0.4 is 5.19 Å². The van der Waals surface area contributed by atoms with Gasteiger partial charge in [-0.05, 0) is 26.8 Å². The van der Waals surface area contributed by atoms with Gasteiger partial charge < -0.3 is 13.3 Å². The monoisotopic (exact) mass is 241 g/mol. The molecule has 0 aliphatic heterocycles. The van der Waals surface area contributed by atoms with Crippen LogP contribution in [0.5, 0.6) is 0 Å². The van der Waals surface area contributed by atoms with E-state index in [4.69, 9.17) is 13.3 Å². The molecule has 0 N–H and O–H groups in total. The van der Waals surface area contributed by atoms with Crippen LogP contribution in [0, 0.1) is 0 Å². The van der Waals surface area contributed by atoms with E-state index in [0.717, 1.165) is 5.19 Å². The van der Waals surface area contributed by atoms with E-state index in [1.807, 2.05) is 32.9 Å². The molecule has 0 spiro atoms. The molecule has 4 nitrogen and oxygen atoms in total. The molecule has 90 valence electrons. The predicted molar refractivity (Wildman–Crippen MR) is 64.5 cm³/mol. The van der Waals surface area contributed by atoms with Crippen molar-refractivity contribution in [2.75, 3.05) is 19.8 Å². The third-order valence-corrected chi connectivity index (χ3v) is 5.03. The van der Waals surface area contributed by atoms with E-state index in [2.05, 4.69) is 4.98 Å². The van der Waals surface area contributed by atoms with E-state index in [1.54, 1.807) is 12.4 Å². The Bertz CT molecular complexity index is 278. The summed E-state index contributed by atoms with van der Waals surface area (Å²) in [6.45, 7) is 7.53. The van der Waals surface area contributed by atoms with Gasteiger partial charge in [-0.1, -0.05) is 6.07 Å². The van der Waals surface area contributed by atoms with E-state index in [1.165, 1.54) is 0 Å². The highest BCUT2D eigenvalue weighted by Gasteiger charge is 2.43. The van der Waals surface area contributed by atoms with Crippen molar-refractivity contribution in [3.8, 4) is 0 Å². The van der Waals surface area contributed by atoms with Crippen LogP contribution in [-0.4, -0.2) is 33.6 Å². The van der Waals surface area contributed by atoms with Gasteiger partial charge in [-0.3, -0.25) is 4.98 Å². The first-order chi connectivity index (χ1) is 7.79. The van der Waals surface area contributed by atoms with E-state index < -0.39 is 8.80 Å². The number of pyridine rings is 1. The molecular weight excluding hydrogens is 222 g/mol. The highest BCUT2D eigenvalue weighted by atomic mass is 28.4. The van der Waals surface area contributed by atoms with Crippen LogP contribution in [0.2, 0.25) is 0 Å². The first kappa shape index (κ1) is 13.3. The van der Waals surface area contributed by atoms with Crippen molar-refractivity contribution >= 4 is 14.0 Å². The lowest BCUT2D eigenvalue weighted by Crippen LogP contribution is -2.57. The van der Waals surface area contributed by atoms with E-state index >= 15 is 0 Å². The van der Waals surface area contributed by atoms with Gasteiger partial charge >= 0.3 is 8.80 Å². The zero-order valence-corrected chi connectivity index (χ0v) is 11.1. The highest BCUT2D eigenvalue weighted by molar-refractivity contribution is 6.75. The van der Waals surface area contributed by atoms with Crippen molar-refractivity contribution in [1.82, 2.24) is 4.98 Å². The lowest BCUT2D eigenvalue weighted by molar-refractivity contribution is 0.0858. The Balaban J connectivity index is 2.99. The number of nitrogens with zero attached hydrogens (tertiary/aromatic N) is 1. The first-order valence-electron chi connectivity index (χ1n) is 5.61. The Labute approximate surface area is 97.9 Å². The summed E-state index contributed by atoms with van der Waals surface area (Å²) in [6.07, 6.45) is 3.49. The Kier molecular flexibility index (Phi) is 5.62. The van der Waals surface area contributed by atoms with Crippen LogP contribution in [0.3, 0.4) is 0 Å². The molecule has 16 heavy (non-hydrogen) atoms. The molecule has 1 aromatic rings. The summed E-state index contributed by atoms with van der Waals surface area (Å²) in [5, 5.41) is 0.917. The summed E-state index contributed by atoms with van der Waals surface area (Å²) in [4.78, 5) is 4.09. The Morgan fingerprint density at radius 3 is 2.00 bits per heavy atom. The molecule has 0 atom stereocenters. The van der Waals surface area contributed by atoms with Gasteiger partial charge in [-0.25, -0.2) is 0 Å². The van der Waals surface area contributed by atoms with Crippen molar-refractivity contribution in [3.05, 3.63) is 24.5 Å². The molecule has 0 saturated heterocycles. The van der Waals surface area contributed by atoms with Crippen molar-refractivity contribution in [3.63, 3.8) is 0 Å². The third kappa shape index (κ3) is 3.12. The largest absolute Gasteiger partial charge is 0.538 e. The van der Waals surface area contributed by atoms with Gasteiger partial charge in [0, 0.05) is 37.4 Å². The third-order valence-electron chi connectivity index (χ3n) is 2.02. The second-order valence-corrected chi connectivity index (χ2v) is 5.65. The van der Waals surface area contributed by atoms with E-state index in [9.17, 15) is 0 Å². The Morgan fingerprint density at radius 2 is 1.62 bits per heavy atom. The maximum absolute atomic E-state index is 5.75. The molecule has 0 amide bonds. The smallest absolute Gasteiger partial charge is 0.370 e. The second kappa shape index (κ2) is 6.75. The van der Waals surface area contributed by atoms with Gasteiger partial charge in [0.1, 0.15) is 0 Å². The molecule has 1 rings (SSSR count). The molecule has 0 aromatic carbocycles. The fourth-order valence-electron chi connectivity index (χ4n) is 1.49. The zero-order chi connectivity index (χ0) is 11.9. The average molecular weight is 241 g/mol. The van der Waals surface area contributed by atoms with Crippen molar-refractivity contribution in [2.45, 2.75) is 20.8 Å². The minimum atomic E-state index is -2.73. The summed E-state index contributed by atoms with van der Waals surface area (Å²) < 4.78 is 17.3. The van der Waals surface area contributed by atoms with Gasteiger partial charge in [0.05, 0.1) is 0 Å². The standard InChI is InChI=1S/C11H19NO3Si/c1-4-13-16(14-5-2,15-6-3)11-8-7-9-12-10-11/h7-10H,4-6H2,1-3H3. The molecule has 0 radical (unpaired) electrons. The van der Waals surface area contributed by atoms with Crippen LogP contribution in [0.25, 0.3) is 0 Å². The average Bonchev–Trinajstić information content (AvgIpc) is 2.31. The van der Waals surface area contributed by atoms with Crippen molar-refractivity contribution in [1.29, 1.82) is 0 Å². The minimum Gasteiger partial charge on any atom is -0.370 e. The van der Waals surface area contributed by atoms with Crippen LogP contribution in [0.15, 0.2) is 24.5 Å². The molecule has 0 bridgehead atoms. The molecule has 0 aliphatic carbocycles. The summed E-state index contributed by atoms with van der Waals surface area (Å²) >= 11 is 0. The molecule has 0 fully saturated rings. The van der Waals surface area contributed by atoms with E-state index in [-0.39, 0.29) is 0 Å². The van der Waals surface area contributed by atoms with Crippen LogP contribution in [0.4, 0.5) is 0 Å². The molecular formula is C11H19NO3Si. The quantitative estimate of drug-likeness (QED) is 0.675. The molecule has 0 aliphatic rings. The Morgan fingerprint density at radius 1 is 1.06 bits per heavy atom. The highest BCUT2D eigenvalue weighted by Crippen LogP contribution is 2.09.